The zero-order chi connectivity index (χ0) is 13.0. The van der Waals surface area contributed by atoms with Crippen LogP contribution in [-0.4, -0.2) is 13.7 Å². The molecule has 2 nitrogen and oxygen atoms in total. The predicted octanol–water partition coefficient (Wildman–Crippen LogP) is 3.71. The van der Waals surface area contributed by atoms with Crippen molar-refractivity contribution in [3.05, 3.63) is 29.3 Å². The normalized spacial score (nSPS) is 20.3. The Balaban J connectivity index is 2.16. The largest absolute Gasteiger partial charge is 0.493 e. The van der Waals surface area contributed by atoms with E-state index in [2.05, 4.69) is 37.4 Å². The average Bonchev–Trinajstić information content (AvgIpc) is 2.43. The van der Waals surface area contributed by atoms with Crippen molar-refractivity contribution in [3.8, 4) is 5.75 Å². The minimum atomic E-state index is 0.501. The van der Waals surface area contributed by atoms with Gasteiger partial charge < -0.3 is 10.1 Å². The van der Waals surface area contributed by atoms with E-state index in [1.807, 2.05) is 7.05 Å². The van der Waals surface area contributed by atoms with Gasteiger partial charge in [-0.25, -0.2) is 0 Å². The summed E-state index contributed by atoms with van der Waals surface area (Å²) in [7, 11) is 2.05. The second-order valence-corrected chi connectivity index (χ2v) is 5.38. The summed E-state index contributed by atoms with van der Waals surface area (Å²) in [6.45, 7) is 5.29. The van der Waals surface area contributed by atoms with Gasteiger partial charge in [0.1, 0.15) is 5.75 Å². The number of rotatable bonds is 5. The molecule has 100 valence electrons. The van der Waals surface area contributed by atoms with Crippen molar-refractivity contribution >= 4 is 0 Å². The molecule has 1 aromatic rings. The average molecular weight is 247 g/mol. The maximum atomic E-state index is 6.02. The Bertz CT molecular complexity index is 389. The first-order valence-corrected chi connectivity index (χ1v) is 7.18. The molecule has 2 rings (SSSR count). The minimum Gasteiger partial charge on any atom is -0.493 e. The fourth-order valence-corrected chi connectivity index (χ4v) is 2.60. The van der Waals surface area contributed by atoms with Crippen molar-refractivity contribution < 1.29 is 4.74 Å². The first-order chi connectivity index (χ1) is 8.76. The highest BCUT2D eigenvalue weighted by Crippen LogP contribution is 2.35. The summed E-state index contributed by atoms with van der Waals surface area (Å²) >= 11 is 0. The Labute approximate surface area is 111 Å². The van der Waals surface area contributed by atoms with E-state index in [1.54, 1.807) is 0 Å². The molecule has 0 aliphatic heterocycles. The number of fused-ring (bicyclic) bond motifs is 1. The second-order valence-electron chi connectivity index (χ2n) is 5.38. The topological polar surface area (TPSA) is 21.3 Å². The van der Waals surface area contributed by atoms with Crippen LogP contribution in [0.25, 0.3) is 0 Å². The molecule has 0 heterocycles. The summed E-state index contributed by atoms with van der Waals surface area (Å²) in [5.74, 6) is 1.73. The van der Waals surface area contributed by atoms with Crippen molar-refractivity contribution in [2.75, 3.05) is 13.7 Å². The number of ether oxygens (including phenoxy) is 1. The Kier molecular flexibility index (Phi) is 4.65. The van der Waals surface area contributed by atoms with E-state index in [0.29, 0.717) is 12.0 Å². The van der Waals surface area contributed by atoms with Gasteiger partial charge in [-0.2, -0.15) is 0 Å². The molecule has 0 amide bonds. The zero-order valence-corrected chi connectivity index (χ0v) is 11.8. The van der Waals surface area contributed by atoms with E-state index in [4.69, 9.17) is 4.74 Å². The highest BCUT2D eigenvalue weighted by atomic mass is 16.5. The molecular weight excluding hydrogens is 222 g/mol. The smallest absolute Gasteiger partial charge is 0.122 e. The van der Waals surface area contributed by atoms with E-state index < -0.39 is 0 Å². The Hall–Kier alpha value is -1.02. The second kappa shape index (κ2) is 6.24. The van der Waals surface area contributed by atoms with Crippen LogP contribution >= 0.6 is 0 Å². The fourth-order valence-electron chi connectivity index (χ4n) is 2.60. The fraction of sp³-hybridized carbons (Fsp3) is 0.625. The molecule has 0 saturated heterocycles. The van der Waals surface area contributed by atoms with Crippen molar-refractivity contribution in [2.24, 2.45) is 5.92 Å². The maximum absolute atomic E-state index is 6.02. The standard InChI is InChI=1S/C16H25NO/c1-4-12(2)11-18-16-10-6-7-13-14(16)8-5-9-15(13)17-3/h6-7,10,12,15,17H,4-5,8-9,11H2,1-3H3. The molecule has 0 fully saturated rings. The van der Waals surface area contributed by atoms with Crippen LogP contribution in [0.4, 0.5) is 0 Å². The summed E-state index contributed by atoms with van der Waals surface area (Å²) < 4.78 is 6.02. The Morgan fingerprint density at radius 3 is 3.00 bits per heavy atom. The van der Waals surface area contributed by atoms with Gasteiger partial charge in [-0.05, 0) is 49.4 Å². The van der Waals surface area contributed by atoms with Crippen molar-refractivity contribution in [2.45, 2.75) is 45.6 Å². The first-order valence-electron chi connectivity index (χ1n) is 7.18. The van der Waals surface area contributed by atoms with Gasteiger partial charge in [-0.3, -0.25) is 0 Å². The molecule has 0 aromatic heterocycles. The highest BCUT2D eigenvalue weighted by Gasteiger charge is 2.21. The quantitative estimate of drug-likeness (QED) is 0.856. The Morgan fingerprint density at radius 2 is 2.28 bits per heavy atom. The lowest BCUT2D eigenvalue weighted by Crippen LogP contribution is -2.22. The van der Waals surface area contributed by atoms with Gasteiger partial charge >= 0.3 is 0 Å². The molecule has 2 atom stereocenters. The molecule has 1 N–H and O–H groups in total. The van der Waals surface area contributed by atoms with Gasteiger partial charge in [0.05, 0.1) is 6.61 Å². The van der Waals surface area contributed by atoms with E-state index >= 15 is 0 Å². The summed E-state index contributed by atoms with van der Waals surface area (Å²) in [4.78, 5) is 0. The molecule has 0 saturated carbocycles. The van der Waals surface area contributed by atoms with Crippen LogP contribution in [-0.2, 0) is 6.42 Å². The molecule has 18 heavy (non-hydrogen) atoms. The first kappa shape index (κ1) is 13.4. The Morgan fingerprint density at radius 1 is 1.44 bits per heavy atom. The lowest BCUT2D eigenvalue weighted by Gasteiger charge is -2.27. The molecule has 2 unspecified atom stereocenters. The van der Waals surface area contributed by atoms with Crippen LogP contribution in [0.2, 0.25) is 0 Å². The number of nitrogens with one attached hydrogen (secondary N) is 1. The molecule has 0 radical (unpaired) electrons. The summed E-state index contributed by atoms with van der Waals surface area (Å²) in [6.07, 6.45) is 4.82. The molecule has 0 spiro atoms. The van der Waals surface area contributed by atoms with E-state index in [1.165, 1.54) is 30.4 Å². The van der Waals surface area contributed by atoms with Crippen LogP contribution in [0.1, 0.15) is 50.3 Å². The molecule has 1 aliphatic carbocycles. The SMILES string of the molecule is CCC(C)COc1cccc2c1CCCC2NC. The van der Waals surface area contributed by atoms with Gasteiger partial charge in [0, 0.05) is 6.04 Å². The summed E-state index contributed by atoms with van der Waals surface area (Å²) in [5, 5.41) is 3.41. The molecular formula is C16H25NO. The molecule has 1 aliphatic rings. The lowest BCUT2D eigenvalue weighted by molar-refractivity contribution is 0.252. The van der Waals surface area contributed by atoms with Gasteiger partial charge in [0.15, 0.2) is 0 Å². The molecule has 2 heteroatoms. The maximum Gasteiger partial charge on any atom is 0.122 e. The van der Waals surface area contributed by atoms with Gasteiger partial charge in [0.25, 0.3) is 0 Å². The van der Waals surface area contributed by atoms with Crippen LogP contribution in [0.15, 0.2) is 18.2 Å². The van der Waals surface area contributed by atoms with Crippen molar-refractivity contribution in [1.82, 2.24) is 5.32 Å². The minimum absolute atomic E-state index is 0.501. The van der Waals surface area contributed by atoms with Crippen molar-refractivity contribution in [3.63, 3.8) is 0 Å². The van der Waals surface area contributed by atoms with Gasteiger partial charge in [-0.1, -0.05) is 32.4 Å². The van der Waals surface area contributed by atoms with Crippen LogP contribution in [0, 0.1) is 5.92 Å². The number of hydrogen-bond acceptors (Lipinski definition) is 2. The van der Waals surface area contributed by atoms with Gasteiger partial charge in [-0.15, -0.1) is 0 Å². The lowest BCUT2D eigenvalue weighted by atomic mass is 9.87. The third-order valence-electron chi connectivity index (χ3n) is 4.03. The predicted molar refractivity (Wildman–Crippen MR) is 76.1 cm³/mol. The molecule has 1 aromatic carbocycles. The highest BCUT2D eigenvalue weighted by molar-refractivity contribution is 5.43. The van der Waals surface area contributed by atoms with Gasteiger partial charge in [0.2, 0.25) is 0 Å². The van der Waals surface area contributed by atoms with Crippen LogP contribution in [0.5, 0.6) is 5.75 Å². The summed E-state index contributed by atoms with van der Waals surface area (Å²) in [5.41, 5.74) is 2.86. The third kappa shape index (κ3) is 2.86. The molecule has 0 bridgehead atoms. The van der Waals surface area contributed by atoms with Crippen molar-refractivity contribution in [1.29, 1.82) is 0 Å². The number of hydrogen-bond donors (Lipinski definition) is 1. The van der Waals surface area contributed by atoms with E-state index in [0.717, 1.165) is 18.8 Å². The summed E-state index contributed by atoms with van der Waals surface area (Å²) in [6, 6.07) is 6.99. The number of benzene rings is 1. The zero-order valence-electron chi connectivity index (χ0n) is 11.8. The third-order valence-corrected chi connectivity index (χ3v) is 4.03. The van der Waals surface area contributed by atoms with E-state index in [-0.39, 0.29) is 0 Å². The van der Waals surface area contributed by atoms with Crippen LogP contribution < -0.4 is 10.1 Å². The van der Waals surface area contributed by atoms with Crippen LogP contribution in [0.3, 0.4) is 0 Å². The van der Waals surface area contributed by atoms with E-state index in [9.17, 15) is 0 Å². The monoisotopic (exact) mass is 247 g/mol.